The number of carbonyl (C=O) groups excluding carboxylic acids is 1. The van der Waals surface area contributed by atoms with E-state index in [-0.39, 0.29) is 5.91 Å². The molecule has 1 aromatic carbocycles. The van der Waals surface area contributed by atoms with E-state index in [9.17, 15) is 13.2 Å². The number of aryl methyl sites for hydroxylation is 1. The first-order valence-electron chi connectivity index (χ1n) is 10.9. The fourth-order valence-electron chi connectivity index (χ4n) is 4.39. The molecule has 0 N–H and O–H groups in total. The van der Waals surface area contributed by atoms with Gasteiger partial charge in [-0.05, 0) is 62.1 Å². The minimum Gasteiger partial charge on any atom is -0.342 e. The highest BCUT2D eigenvalue weighted by molar-refractivity contribution is 7.91. The number of carbonyl (C=O) groups is 1. The molecular formula is C23H30N2O3S2. The van der Waals surface area contributed by atoms with Gasteiger partial charge in [-0.2, -0.15) is 4.31 Å². The van der Waals surface area contributed by atoms with E-state index in [0.717, 1.165) is 50.1 Å². The van der Waals surface area contributed by atoms with Gasteiger partial charge >= 0.3 is 0 Å². The molecule has 2 aliphatic rings. The van der Waals surface area contributed by atoms with Crippen LogP contribution in [-0.2, 0) is 27.7 Å². The first kappa shape index (κ1) is 21.5. The van der Waals surface area contributed by atoms with Crippen LogP contribution in [0.2, 0.25) is 0 Å². The standard InChI is InChI=1S/C23H30N2O3S2/c26-22(18-21-10-11-23(29-21)30(27,28)25-14-4-5-15-25)24-16-12-20(13-17-24)9-8-19-6-2-1-3-7-19/h1-3,6-7,10-11,20H,4-5,8-9,12-18H2. The molecule has 2 aliphatic heterocycles. The van der Waals surface area contributed by atoms with Crippen LogP contribution in [0.25, 0.3) is 0 Å². The van der Waals surface area contributed by atoms with Crippen LogP contribution in [0.4, 0.5) is 0 Å². The third kappa shape index (κ3) is 5.13. The van der Waals surface area contributed by atoms with Crippen molar-refractivity contribution < 1.29 is 13.2 Å². The van der Waals surface area contributed by atoms with E-state index in [4.69, 9.17) is 0 Å². The van der Waals surface area contributed by atoms with Crippen molar-refractivity contribution in [2.24, 2.45) is 5.92 Å². The van der Waals surface area contributed by atoms with Crippen LogP contribution in [0.15, 0.2) is 46.7 Å². The van der Waals surface area contributed by atoms with Gasteiger partial charge in [0.05, 0.1) is 6.42 Å². The number of benzene rings is 1. The van der Waals surface area contributed by atoms with E-state index < -0.39 is 10.0 Å². The molecule has 0 bridgehead atoms. The lowest BCUT2D eigenvalue weighted by Gasteiger charge is -2.32. The maximum Gasteiger partial charge on any atom is 0.252 e. The predicted octanol–water partition coefficient (Wildman–Crippen LogP) is 3.95. The topological polar surface area (TPSA) is 57.7 Å². The van der Waals surface area contributed by atoms with Gasteiger partial charge in [0, 0.05) is 31.1 Å². The van der Waals surface area contributed by atoms with Crippen LogP contribution < -0.4 is 0 Å². The van der Waals surface area contributed by atoms with Gasteiger partial charge in [0.15, 0.2) is 0 Å². The minimum atomic E-state index is -3.39. The SMILES string of the molecule is O=C(Cc1ccc(S(=O)(=O)N2CCCC2)s1)N1CCC(CCc2ccccc2)CC1. The highest BCUT2D eigenvalue weighted by atomic mass is 32.2. The number of amides is 1. The second-order valence-electron chi connectivity index (χ2n) is 8.36. The minimum absolute atomic E-state index is 0.114. The number of sulfonamides is 1. The van der Waals surface area contributed by atoms with Crippen molar-refractivity contribution in [3.8, 4) is 0 Å². The first-order valence-corrected chi connectivity index (χ1v) is 13.2. The fraction of sp³-hybridized carbons (Fsp3) is 0.522. The Morgan fingerprint density at radius 3 is 2.37 bits per heavy atom. The molecule has 0 unspecified atom stereocenters. The molecular weight excluding hydrogens is 416 g/mol. The van der Waals surface area contributed by atoms with Crippen molar-refractivity contribution in [2.75, 3.05) is 26.2 Å². The lowest BCUT2D eigenvalue weighted by Crippen LogP contribution is -2.39. The maximum absolute atomic E-state index is 12.7. The van der Waals surface area contributed by atoms with Gasteiger partial charge in [-0.25, -0.2) is 8.42 Å². The number of piperidine rings is 1. The molecule has 1 amide bonds. The first-order chi connectivity index (χ1) is 14.5. The van der Waals surface area contributed by atoms with E-state index in [1.807, 2.05) is 11.0 Å². The molecule has 162 valence electrons. The van der Waals surface area contributed by atoms with Gasteiger partial charge in [0.25, 0.3) is 10.0 Å². The van der Waals surface area contributed by atoms with E-state index >= 15 is 0 Å². The van der Waals surface area contributed by atoms with E-state index in [1.165, 1.54) is 23.3 Å². The van der Waals surface area contributed by atoms with E-state index in [2.05, 4.69) is 24.3 Å². The average Bonchev–Trinajstić information content (AvgIpc) is 3.46. The van der Waals surface area contributed by atoms with Gasteiger partial charge in [0.2, 0.25) is 5.91 Å². The number of likely N-dealkylation sites (tertiary alicyclic amines) is 1. The Bertz CT molecular complexity index is 942. The summed E-state index contributed by atoms with van der Waals surface area (Å²) in [4.78, 5) is 15.5. The van der Waals surface area contributed by atoms with Gasteiger partial charge in [0.1, 0.15) is 4.21 Å². The molecule has 2 aromatic rings. The Morgan fingerprint density at radius 2 is 1.67 bits per heavy atom. The van der Waals surface area contributed by atoms with Gasteiger partial charge in [-0.3, -0.25) is 4.79 Å². The smallest absolute Gasteiger partial charge is 0.252 e. The molecule has 0 aliphatic carbocycles. The van der Waals surface area contributed by atoms with Crippen molar-refractivity contribution in [1.29, 1.82) is 0 Å². The maximum atomic E-state index is 12.7. The summed E-state index contributed by atoms with van der Waals surface area (Å²) < 4.78 is 27.3. The third-order valence-electron chi connectivity index (χ3n) is 6.27. The van der Waals surface area contributed by atoms with Gasteiger partial charge in [-0.1, -0.05) is 30.3 Å². The van der Waals surface area contributed by atoms with Crippen molar-refractivity contribution in [1.82, 2.24) is 9.21 Å². The molecule has 2 saturated heterocycles. The molecule has 3 heterocycles. The Hall–Kier alpha value is -1.70. The third-order valence-corrected chi connectivity index (χ3v) is 9.72. The summed E-state index contributed by atoms with van der Waals surface area (Å²) in [6.07, 6.45) is 6.54. The van der Waals surface area contributed by atoms with E-state index in [0.29, 0.717) is 29.6 Å². The van der Waals surface area contributed by atoms with Gasteiger partial charge in [-0.15, -0.1) is 11.3 Å². The van der Waals surface area contributed by atoms with Crippen LogP contribution in [0, 0.1) is 5.92 Å². The molecule has 5 nitrogen and oxygen atoms in total. The van der Waals surface area contributed by atoms with Crippen LogP contribution in [-0.4, -0.2) is 49.7 Å². The lowest BCUT2D eigenvalue weighted by atomic mass is 9.90. The van der Waals surface area contributed by atoms with E-state index in [1.54, 1.807) is 16.4 Å². The largest absolute Gasteiger partial charge is 0.342 e. The molecule has 0 spiro atoms. The summed E-state index contributed by atoms with van der Waals surface area (Å²) in [6.45, 7) is 2.83. The highest BCUT2D eigenvalue weighted by Gasteiger charge is 2.29. The highest BCUT2D eigenvalue weighted by Crippen LogP contribution is 2.28. The Kier molecular flexibility index (Phi) is 6.91. The number of nitrogens with zero attached hydrogens (tertiary/aromatic N) is 2. The van der Waals surface area contributed by atoms with Crippen LogP contribution >= 0.6 is 11.3 Å². The quantitative estimate of drug-likeness (QED) is 0.647. The summed E-state index contributed by atoms with van der Waals surface area (Å²) in [5.74, 6) is 0.789. The van der Waals surface area contributed by atoms with Crippen molar-refractivity contribution >= 4 is 27.3 Å². The van der Waals surface area contributed by atoms with Crippen molar-refractivity contribution in [2.45, 2.75) is 49.2 Å². The van der Waals surface area contributed by atoms with Crippen LogP contribution in [0.5, 0.6) is 0 Å². The monoisotopic (exact) mass is 446 g/mol. The summed E-state index contributed by atoms with van der Waals surface area (Å²) in [5, 5.41) is 0. The summed E-state index contributed by atoms with van der Waals surface area (Å²) >= 11 is 1.25. The Labute approximate surface area is 183 Å². The molecule has 7 heteroatoms. The number of thiophene rings is 1. The zero-order valence-electron chi connectivity index (χ0n) is 17.3. The molecule has 1 aromatic heterocycles. The zero-order valence-corrected chi connectivity index (χ0v) is 19.0. The Balaban J connectivity index is 1.26. The zero-order chi connectivity index (χ0) is 21.0. The molecule has 0 radical (unpaired) electrons. The lowest BCUT2D eigenvalue weighted by molar-refractivity contribution is -0.131. The normalized spacial score (nSPS) is 18.7. The van der Waals surface area contributed by atoms with Crippen LogP contribution in [0.1, 0.15) is 42.5 Å². The molecule has 0 atom stereocenters. The van der Waals surface area contributed by atoms with Crippen molar-refractivity contribution in [3.05, 3.63) is 52.9 Å². The Morgan fingerprint density at radius 1 is 0.967 bits per heavy atom. The fourth-order valence-corrected chi connectivity index (χ4v) is 7.41. The molecule has 2 fully saturated rings. The molecule has 0 saturated carbocycles. The molecule has 30 heavy (non-hydrogen) atoms. The predicted molar refractivity (Wildman–Crippen MR) is 120 cm³/mol. The van der Waals surface area contributed by atoms with Crippen LogP contribution in [0.3, 0.4) is 0 Å². The second-order valence-corrected chi connectivity index (χ2v) is 11.7. The molecule has 4 rings (SSSR count). The average molecular weight is 447 g/mol. The number of hydrogen-bond donors (Lipinski definition) is 0. The van der Waals surface area contributed by atoms with Gasteiger partial charge < -0.3 is 4.90 Å². The summed E-state index contributed by atoms with van der Waals surface area (Å²) in [5.41, 5.74) is 1.38. The van der Waals surface area contributed by atoms with Crippen molar-refractivity contribution in [3.63, 3.8) is 0 Å². The number of hydrogen-bond acceptors (Lipinski definition) is 4. The summed E-state index contributed by atoms with van der Waals surface area (Å²) in [7, 11) is -3.39. The number of rotatable bonds is 7. The second kappa shape index (κ2) is 9.62. The summed E-state index contributed by atoms with van der Waals surface area (Å²) in [6, 6.07) is 14.0.